The van der Waals surface area contributed by atoms with Crippen LogP contribution in [0.3, 0.4) is 0 Å². The van der Waals surface area contributed by atoms with Crippen LogP contribution in [0.5, 0.6) is 11.5 Å². The molecule has 0 spiro atoms. The van der Waals surface area contributed by atoms with Gasteiger partial charge in [0.05, 0.1) is 0 Å². The van der Waals surface area contributed by atoms with Gasteiger partial charge in [-0.05, 0) is 56.7 Å². The average Bonchev–Trinajstić information content (AvgIpc) is 2.82. The fourth-order valence-electron chi connectivity index (χ4n) is 4.67. The minimum Gasteiger partial charge on any atom is -0.462 e. The molecule has 1 aliphatic carbocycles. The Morgan fingerprint density at radius 1 is 0.897 bits per heavy atom. The lowest BCUT2D eigenvalue weighted by Gasteiger charge is -2.34. The normalized spacial score (nSPS) is 18.4. The minimum absolute atomic E-state index is 0.00690. The molecule has 1 aromatic rings. The van der Waals surface area contributed by atoms with E-state index in [2.05, 4.69) is 19.9 Å². The Balaban J connectivity index is 2.68. The molecule has 0 heterocycles. The summed E-state index contributed by atoms with van der Waals surface area (Å²) in [6.07, 6.45) is 9.13. The molecule has 0 saturated carbocycles. The summed E-state index contributed by atoms with van der Waals surface area (Å²) in [6.45, 7) is 12.4. The van der Waals surface area contributed by atoms with Crippen molar-refractivity contribution in [2.45, 2.75) is 104 Å². The number of rotatable bonds is 16. The zero-order valence-electron chi connectivity index (χ0n) is 25.3. The number of aryl methyl sites for hydroxylation is 1. The van der Waals surface area contributed by atoms with Gasteiger partial charge in [-0.1, -0.05) is 31.4 Å². The first-order valence-electron chi connectivity index (χ1n) is 13.6. The Kier molecular flexibility index (Phi) is 12.3. The average molecular weight is 591 g/mol. The monoisotopic (exact) mass is 590 g/mol. The number of phosphoric acid groups is 1. The Bertz CT molecular complexity index is 1070. The zero-order valence-corrected chi connectivity index (χ0v) is 27.1. The van der Waals surface area contributed by atoms with Gasteiger partial charge in [-0.2, -0.15) is 0 Å². The van der Waals surface area contributed by atoms with Crippen LogP contribution in [0.1, 0.15) is 97.1 Å². The number of phosphoric ester groups is 1. The van der Waals surface area contributed by atoms with Crippen LogP contribution in [0, 0.1) is 0 Å². The molecular weight excluding hydrogens is 542 g/mol. The maximum absolute atomic E-state index is 12.8. The number of ether oxygens (including phenoxy) is 2. The molecule has 224 valence electrons. The van der Waals surface area contributed by atoms with Crippen LogP contribution in [-0.2, 0) is 38.2 Å². The van der Waals surface area contributed by atoms with Gasteiger partial charge in [0, 0.05) is 67.2 Å². The van der Waals surface area contributed by atoms with E-state index in [9.17, 15) is 9.13 Å². The van der Waals surface area contributed by atoms with Crippen LogP contribution in [0.2, 0.25) is 0 Å². The van der Waals surface area contributed by atoms with Crippen molar-refractivity contribution in [3.8, 4) is 11.5 Å². The fourth-order valence-corrected chi connectivity index (χ4v) is 6.46. The van der Waals surface area contributed by atoms with Crippen LogP contribution in [0.4, 0.5) is 0 Å². The molecule has 0 saturated heterocycles. The SMILES string of the molecule is CCCCCc1cc(OC(C)(C)OP(C)(=O)OC)c(C2C=C(C)CCC2)c(OC(C)(C)OP(=O)(OC)OC)c1. The van der Waals surface area contributed by atoms with E-state index < -0.39 is 27.0 Å². The van der Waals surface area contributed by atoms with E-state index in [0.29, 0.717) is 11.5 Å². The highest BCUT2D eigenvalue weighted by Crippen LogP contribution is 2.53. The molecule has 0 aliphatic heterocycles. The van der Waals surface area contributed by atoms with Crippen molar-refractivity contribution in [1.82, 2.24) is 0 Å². The summed E-state index contributed by atoms with van der Waals surface area (Å²) in [7, 11) is -3.32. The molecule has 0 amide bonds. The topological polar surface area (TPSA) is 98.8 Å². The highest BCUT2D eigenvalue weighted by atomic mass is 31.2. The van der Waals surface area contributed by atoms with E-state index in [-0.39, 0.29) is 5.92 Å². The lowest BCUT2D eigenvalue weighted by molar-refractivity contribution is -0.102. The lowest BCUT2D eigenvalue weighted by Crippen LogP contribution is -2.33. The fraction of sp³-hybridized carbons (Fsp3) is 0.714. The number of hydrogen-bond acceptors (Lipinski definition) is 9. The quantitative estimate of drug-likeness (QED) is 0.0809. The third-order valence-electron chi connectivity index (χ3n) is 6.38. The number of unbranched alkanes of at least 4 members (excludes halogenated alkanes) is 2. The molecule has 0 aromatic heterocycles. The van der Waals surface area contributed by atoms with Crippen LogP contribution in [-0.4, -0.2) is 39.6 Å². The highest BCUT2D eigenvalue weighted by molar-refractivity contribution is 7.53. The molecule has 2 rings (SSSR count). The second-order valence-corrected chi connectivity index (χ2v) is 14.8. The van der Waals surface area contributed by atoms with Crippen LogP contribution >= 0.6 is 15.4 Å². The van der Waals surface area contributed by atoms with E-state index in [1.165, 1.54) is 33.6 Å². The molecule has 0 radical (unpaired) electrons. The van der Waals surface area contributed by atoms with Gasteiger partial charge in [-0.3, -0.25) is 18.1 Å². The standard InChI is InChI=1S/C28H48O9P2/c1-11-12-13-16-22-19-24(34-27(3,4)36-38(10,29)31-7)26(23-17-14-15-21(2)18-23)25(20-22)35-28(5,6)37-39(30,32-8)33-9/h18-20,23H,11-17H2,1-10H3. The van der Waals surface area contributed by atoms with Crippen LogP contribution in [0.15, 0.2) is 23.8 Å². The van der Waals surface area contributed by atoms with Gasteiger partial charge in [0.25, 0.3) is 0 Å². The molecule has 0 fully saturated rings. The van der Waals surface area contributed by atoms with E-state index in [1.54, 1.807) is 27.7 Å². The van der Waals surface area contributed by atoms with Crippen molar-refractivity contribution in [1.29, 1.82) is 0 Å². The van der Waals surface area contributed by atoms with Crippen molar-refractivity contribution >= 4 is 15.4 Å². The molecule has 2 atom stereocenters. The summed E-state index contributed by atoms with van der Waals surface area (Å²) in [5, 5.41) is 0. The van der Waals surface area contributed by atoms with Gasteiger partial charge < -0.3 is 14.0 Å². The Labute approximate surface area is 235 Å². The van der Waals surface area contributed by atoms with E-state index >= 15 is 0 Å². The molecule has 2 unspecified atom stereocenters. The van der Waals surface area contributed by atoms with Gasteiger partial charge in [-0.15, -0.1) is 0 Å². The van der Waals surface area contributed by atoms with Crippen LogP contribution in [0.25, 0.3) is 0 Å². The zero-order chi connectivity index (χ0) is 29.5. The van der Waals surface area contributed by atoms with Gasteiger partial charge in [0.15, 0.2) is 0 Å². The minimum atomic E-state index is -3.84. The first-order chi connectivity index (χ1) is 18.1. The van der Waals surface area contributed by atoms with Crippen molar-refractivity contribution in [2.75, 3.05) is 28.0 Å². The van der Waals surface area contributed by atoms with E-state index in [1.807, 2.05) is 12.1 Å². The molecule has 1 aromatic carbocycles. The van der Waals surface area contributed by atoms with Crippen molar-refractivity contribution in [2.24, 2.45) is 0 Å². The second kappa shape index (κ2) is 14.1. The maximum atomic E-state index is 12.8. The summed E-state index contributed by atoms with van der Waals surface area (Å²) >= 11 is 0. The van der Waals surface area contributed by atoms with Gasteiger partial charge >= 0.3 is 15.4 Å². The summed E-state index contributed by atoms with van der Waals surface area (Å²) in [6, 6.07) is 4.01. The molecular formula is C28H48O9P2. The highest BCUT2D eigenvalue weighted by Gasteiger charge is 2.38. The third-order valence-corrected chi connectivity index (χ3v) is 9.38. The molecule has 0 N–H and O–H groups in total. The maximum Gasteiger partial charge on any atom is 0.477 e. The van der Waals surface area contributed by atoms with Crippen molar-refractivity contribution in [3.05, 3.63) is 34.9 Å². The smallest absolute Gasteiger partial charge is 0.462 e. The van der Waals surface area contributed by atoms with E-state index in [4.69, 9.17) is 32.1 Å². The van der Waals surface area contributed by atoms with E-state index in [0.717, 1.165) is 56.1 Å². The van der Waals surface area contributed by atoms with Gasteiger partial charge in [-0.25, -0.2) is 9.09 Å². The summed E-state index contributed by atoms with van der Waals surface area (Å²) in [5.41, 5.74) is 3.10. The Morgan fingerprint density at radius 3 is 1.95 bits per heavy atom. The number of hydrogen-bond donors (Lipinski definition) is 0. The predicted molar refractivity (Wildman–Crippen MR) is 154 cm³/mol. The first kappa shape index (κ1) is 34.0. The molecule has 9 nitrogen and oxygen atoms in total. The van der Waals surface area contributed by atoms with Crippen molar-refractivity contribution < 1.29 is 41.2 Å². The second-order valence-electron chi connectivity index (χ2n) is 10.9. The van der Waals surface area contributed by atoms with Crippen molar-refractivity contribution in [3.63, 3.8) is 0 Å². The summed E-state index contributed by atoms with van der Waals surface area (Å²) < 4.78 is 65.0. The first-order valence-corrected chi connectivity index (χ1v) is 17.0. The largest absolute Gasteiger partial charge is 0.477 e. The van der Waals surface area contributed by atoms with Gasteiger partial charge in [0.1, 0.15) is 11.5 Å². The summed E-state index contributed by atoms with van der Waals surface area (Å²) in [5.74, 6) is -1.54. The Hall–Kier alpha value is -1.18. The van der Waals surface area contributed by atoms with Gasteiger partial charge in [0.2, 0.25) is 11.6 Å². The molecule has 1 aliphatic rings. The van der Waals surface area contributed by atoms with Crippen LogP contribution < -0.4 is 9.47 Å². The predicted octanol–water partition coefficient (Wildman–Crippen LogP) is 8.77. The number of benzene rings is 1. The number of allylic oxidation sites excluding steroid dienone is 2. The molecule has 39 heavy (non-hydrogen) atoms. The molecule has 11 heteroatoms. The molecule has 0 bridgehead atoms. The lowest BCUT2D eigenvalue weighted by atomic mass is 9.84. The summed E-state index contributed by atoms with van der Waals surface area (Å²) in [4.78, 5) is 0. The Morgan fingerprint density at radius 2 is 1.46 bits per heavy atom. The third kappa shape index (κ3) is 10.6.